The molecule has 0 heterocycles. The number of hydrogen-bond donors (Lipinski definition) is 1. The van der Waals surface area contributed by atoms with Crippen LogP contribution in [0.15, 0.2) is 33.6 Å². The summed E-state index contributed by atoms with van der Waals surface area (Å²) in [5, 5.41) is 0. The topological polar surface area (TPSA) is 0 Å². The molecule has 0 fully saturated rings. The molecule has 0 spiro atoms. The Morgan fingerprint density at radius 1 is 1.11 bits per heavy atom. The van der Waals surface area contributed by atoms with Crippen LogP contribution in [0.4, 0.5) is 0 Å². The second-order valence-electron chi connectivity index (χ2n) is 1.48. The molecule has 0 saturated carbocycles. The van der Waals surface area contributed by atoms with Crippen LogP contribution in [-0.4, -0.2) is 0 Å². The van der Waals surface area contributed by atoms with Crippen LogP contribution in [0.3, 0.4) is 0 Å². The molecule has 0 saturated heterocycles. The van der Waals surface area contributed by atoms with Crippen LogP contribution in [-0.2, 0) is 0 Å². The fourth-order valence-electron chi connectivity index (χ4n) is 0.441. The molecule has 0 bridgehead atoms. The average Bonchev–Trinajstić information content (AvgIpc) is 1.77. The lowest BCUT2D eigenvalue weighted by Crippen LogP contribution is -1.62. The summed E-state index contributed by atoms with van der Waals surface area (Å²) >= 11 is 7.42. The third-order valence-electron chi connectivity index (χ3n) is 0.827. The van der Waals surface area contributed by atoms with Gasteiger partial charge >= 0.3 is 0 Å². The molecule has 0 amide bonds. The van der Waals surface area contributed by atoms with E-state index in [0.717, 1.165) is 9.37 Å². The van der Waals surface area contributed by atoms with Crippen molar-refractivity contribution in [2.75, 3.05) is 0 Å². The molecule has 0 nitrogen and oxygen atoms in total. The van der Waals surface area contributed by atoms with E-state index in [1.54, 1.807) is 0 Å². The number of rotatable bonds is 0. The molecule has 1 aromatic carbocycles. The summed E-state index contributed by atoms with van der Waals surface area (Å²) in [7, 11) is 0. The molecule has 0 aliphatic heterocycles. The maximum atomic E-state index is 4.11. The predicted molar refractivity (Wildman–Crippen MR) is 48.6 cm³/mol. The van der Waals surface area contributed by atoms with Crippen molar-refractivity contribution < 1.29 is 0 Å². The first kappa shape index (κ1) is 9.34. The zero-order chi connectivity index (χ0) is 5.98. The Bertz CT molecular complexity index is 152. The second-order valence-corrected chi connectivity index (χ2v) is 2.91. The highest BCUT2D eigenvalue weighted by Gasteiger charge is 1.82. The van der Waals surface area contributed by atoms with E-state index in [9.17, 15) is 0 Å². The minimum Gasteiger partial charge on any atom is -0.147 e. The van der Waals surface area contributed by atoms with Gasteiger partial charge in [0, 0.05) is 9.37 Å². The largest absolute Gasteiger partial charge is 0.147 e. The van der Waals surface area contributed by atoms with E-state index < -0.39 is 0 Å². The third-order valence-corrected chi connectivity index (χ3v) is 1.65. The third kappa shape index (κ3) is 3.14. The van der Waals surface area contributed by atoms with Crippen LogP contribution in [0.2, 0.25) is 0 Å². The Morgan fingerprint density at radius 3 is 1.89 bits per heavy atom. The second kappa shape index (κ2) is 4.20. The van der Waals surface area contributed by atoms with Crippen molar-refractivity contribution in [1.29, 1.82) is 0 Å². The van der Waals surface area contributed by atoms with Crippen molar-refractivity contribution in [3.05, 3.63) is 28.7 Å². The van der Waals surface area contributed by atoms with Gasteiger partial charge in [-0.05, 0) is 24.3 Å². The van der Waals surface area contributed by atoms with Crippen LogP contribution in [0.25, 0.3) is 0 Å². The van der Waals surface area contributed by atoms with Gasteiger partial charge in [0.05, 0.1) is 0 Å². The molecule has 0 aliphatic rings. The molecule has 1 aromatic rings. The van der Waals surface area contributed by atoms with Crippen molar-refractivity contribution in [2.45, 2.75) is 4.90 Å². The van der Waals surface area contributed by atoms with Gasteiger partial charge < -0.3 is 0 Å². The van der Waals surface area contributed by atoms with Crippen LogP contribution in [0, 0.1) is 0 Å². The summed E-state index contributed by atoms with van der Waals surface area (Å²) in [5.74, 6) is 0. The fraction of sp³-hybridized carbons (Fsp3) is 0. The van der Waals surface area contributed by atoms with E-state index in [1.165, 1.54) is 0 Å². The minimum atomic E-state index is 0. The predicted octanol–water partition coefficient (Wildman–Crippen LogP) is 3.16. The van der Waals surface area contributed by atoms with E-state index >= 15 is 0 Å². The van der Waals surface area contributed by atoms with Gasteiger partial charge in [0.1, 0.15) is 0 Å². The highest BCUT2D eigenvalue weighted by atomic mass is 79.9. The van der Waals surface area contributed by atoms with Gasteiger partial charge in [-0.15, -0.1) is 25.0 Å². The monoisotopic (exact) mass is 224 g/mol. The van der Waals surface area contributed by atoms with Gasteiger partial charge in [-0.3, -0.25) is 0 Å². The lowest BCUT2D eigenvalue weighted by molar-refractivity contribution is 1.46. The summed E-state index contributed by atoms with van der Waals surface area (Å²) < 4.78 is 1.09. The van der Waals surface area contributed by atoms with E-state index in [0.29, 0.717) is 0 Å². The van der Waals surface area contributed by atoms with Crippen molar-refractivity contribution >= 4 is 41.0 Å². The molecular weight excluding hydrogens is 219 g/mol. The minimum absolute atomic E-state index is 0. The molecule has 3 heteroatoms. The van der Waals surface area contributed by atoms with Gasteiger partial charge in [-0.1, -0.05) is 15.9 Å². The molecule has 0 aliphatic carbocycles. The molecular formula is C6H6BrClS. The summed E-state index contributed by atoms with van der Waals surface area (Å²) in [6.45, 7) is 0. The lowest BCUT2D eigenvalue weighted by Gasteiger charge is -1.87. The normalized spacial score (nSPS) is 8.22. The Labute approximate surface area is 74.6 Å². The van der Waals surface area contributed by atoms with E-state index in [-0.39, 0.29) is 12.4 Å². The van der Waals surface area contributed by atoms with Crippen molar-refractivity contribution in [3.8, 4) is 0 Å². The SMILES string of the molecule is Cl.Sc1ccc(Br)cc1. The molecule has 0 atom stereocenters. The Balaban J connectivity index is 0.000000640. The molecule has 0 N–H and O–H groups in total. The van der Waals surface area contributed by atoms with Gasteiger partial charge in [-0.2, -0.15) is 0 Å². The summed E-state index contributed by atoms with van der Waals surface area (Å²) in [6.07, 6.45) is 0. The number of benzene rings is 1. The zero-order valence-electron chi connectivity index (χ0n) is 4.54. The summed E-state index contributed by atoms with van der Waals surface area (Å²) in [6, 6.07) is 7.80. The van der Waals surface area contributed by atoms with Crippen LogP contribution < -0.4 is 0 Å². The van der Waals surface area contributed by atoms with Gasteiger partial charge in [0.25, 0.3) is 0 Å². The number of thiol groups is 1. The summed E-state index contributed by atoms with van der Waals surface area (Å²) in [4.78, 5) is 0.994. The zero-order valence-corrected chi connectivity index (χ0v) is 7.84. The molecule has 0 unspecified atom stereocenters. The highest BCUT2D eigenvalue weighted by molar-refractivity contribution is 9.10. The smallest absolute Gasteiger partial charge is 0.0176 e. The van der Waals surface area contributed by atoms with Crippen LogP contribution in [0.5, 0.6) is 0 Å². The maximum absolute atomic E-state index is 4.11. The lowest BCUT2D eigenvalue weighted by atomic mass is 10.4. The number of halogens is 2. The van der Waals surface area contributed by atoms with Gasteiger partial charge in [0.15, 0.2) is 0 Å². The van der Waals surface area contributed by atoms with Crippen LogP contribution >= 0.6 is 41.0 Å². The standard InChI is InChI=1S/C6H5BrS.ClH/c7-5-1-3-6(8)4-2-5;/h1-4,8H;1H. The van der Waals surface area contributed by atoms with Crippen molar-refractivity contribution in [2.24, 2.45) is 0 Å². The quantitative estimate of drug-likeness (QED) is 0.644. The van der Waals surface area contributed by atoms with E-state index in [4.69, 9.17) is 0 Å². The van der Waals surface area contributed by atoms with Crippen LogP contribution in [0.1, 0.15) is 0 Å². The fourth-order valence-corrected chi connectivity index (χ4v) is 0.854. The van der Waals surface area contributed by atoms with Gasteiger partial charge in [0.2, 0.25) is 0 Å². The van der Waals surface area contributed by atoms with E-state index in [2.05, 4.69) is 28.6 Å². The summed E-state index contributed by atoms with van der Waals surface area (Å²) in [5.41, 5.74) is 0. The Hall–Kier alpha value is 0.340. The average molecular weight is 226 g/mol. The first-order valence-electron chi connectivity index (χ1n) is 2.23. The maximum Gasteiger partial charge on any atom is 0.0176 e. The highest BCUT2D eigenvalue weighted by Crippen LogP contribution is 2.11. The molecule has 1 rings (SSSR count). The first-order chi connectivity index (χ1) is 3.79. The molecule has 9 heavy (non-hydrogen) atoms. The Morgan fingerprint density at radius 2 is 1.56 bits per heavy atom. The Kier molecular flexibility index (Phi) is 4.36. The molecule has 50 valence electrons. The first-order valence-corrected chi connectivity index (χ1v) is 3.47. The molecule has 0 aromatic heterocycles. The van der Waals surface area contributed by atoms with Crippen molar-refractivity contribution in [1.82, 2.24) is 0 Å². The molecule has 0 radical (unpaired) electrons. The van der Waals surface area contributed by atoms with Gasteiger partial charge in [-0.25, -0.2) is 0 Å². The van der Waals surface area contributed by atoms with E-state index in [1.807, 2.05) is 24.3 Å². The van der Waals surface area contributed by atoms with Crippen molar-refractivity contribution in [3.63, 3.8) is 0 Å². The number of hydrogen-bond acceptors (Lipinski definition) is 1.